The highest BCUT2D eigenvalue weighted by atomic mass is 35.5. The molecule has 0 radical (unpaired) electrons. The molecule has 0 bridgehead atoms. The maximum atomic E-state index is 11.2. The quantitative estimate of drug-likeness (QED) is 0.828. The van der Waals surface area contributed by atoms with E-state index < -0.39 is 10.8 Å². The van der Waals surface area contributed by atoms with Crippen molar-refractivity contribution in [1.82, 2.24) is 4.98 Å². The first-order chi connectivity index (χ1) is 7.65. The van der Waals surface area contributed by atoms with E-state index in [1.54, 1.807) is 6.07 Å². The largest absolute Gasteiger partial charge is 0.381 e. The number of aryl methyl sites for hydroxylation is 1. The number of nitrogens with zero attached hydrogens (tertiary/aromatic N) is 1. The normalized spacial score (nSPS) is 25.4. The first kappa shape index (κ1) is 11.9. The van der Waals surface area contributed by atoms with E-state index in [1.807, 2.05) is 13.0 Å². The second kappa shape index (κ2) is 5.15. The monoisotopic (exact) mass is 258 g/mol. The zero-order valence-corrected chi connectivity index (χ0v) is 10.8. The molecular formula is C11H15ClN2OS. The molecule has 5 heteroatoms. The van der Waals surface area contributed by atoms with Gasteiger partial charge in [-0.3, -0.25) is 4.21 Å². The summed E-state index contributed by atoms with van der Waals surface area (Å²) in [5.41, 5.74) is 1.95. The smallest absolute Gasteiger partial charge is 0.129 e. The van der Waals surface area contributed by atoms with Crippen LogP contribution in [-0.2, 0) is 10.8 Å². The van der Waals surface area contributed by atoms with Gasteiger partial charge in [-0.2, -0.15) is 0 Å². The number of hydrogen-bond acceptors (Lipinski definition) is 3. The van der Waals surface area contributed by atoms with Crippen LogP contribution in [-0.4, -0.2) is 26.7 Å². The average Bonchev–Trinajstić information content (AvgIpc) is 2.25. The van der Waals surface area contributed by atoms with Gasteiger partial charge in [-0.05, 0) is 31.9 Å². The second-order valence-corrected chi connectivity index (χ2v) is 6.12. The highest BCUT2D eigenvalue weighted by Crippen LogP contribution is 2.20. The van der Waals surface area contributed by atoms with Gasteiger partial charge in [-0.15, -0.1) is 0 Å². The number of halogens is 1. The fraction of sp³-hybridized carbons (Fsp3) is 0.545. The molecule has 1 aliphatic rings. The maximum absolute atomic E-state index is 11.2. The first-order valence-electron chi connectivity index (χ1n) is 5.40. The molecule has 0 atom stereocenters. The molecule has 1 saturated heterocycles. The number of nitrogens with one attached hydrogen (secondary N) is 1. The molecule has 16 heavy (non-hydrogen) atoms. The lowest BCUT2D eigenvalue weighted by molar-refractivity contribution is 0.623. The minimum absolute atomic E-state index is 0.416. The predicted molar refractivity (Wildman–Crippen MR) is 68.5 cm³/mol. The van der Waals surface area contributed by atoms with Gasteiger partial charge in [-0.25, -0.2) is 4.98 Å². The van der Waals surface area contributed by atoms with Crippen molar-refractivity contribution in [1.29, 1.82) is 0 Å². The van der Waals surface area contributed by atoms with Crippen LogP contribution < -0.4 is 5.32 Å². The minimum Gasteiger partial charge on any atom is -0.381 e. The summed E-state index contributed by atoms with van der Waals surface area (Å²) in [6.07, 6.45) is 1.93. The van der Waals surface area contributed by atoms with Gasteiger partial charge in [0.1, 0.15) is 5.15 Å². The highest BCUT2D eigenvalue weighted by Gasteiger charge is 2.18. The van der Waals surface area contributed by atoms with Crippen molar-refractivity contribution in [2.24, 2.45) is 0 Å². The maximum Gasteiger partial charge on any atom is 0.129 e. The van der Waals surface area contributed by atoms with Crippen LogP contribution in [0.15, 0.2) is 12.1 Å². The van der Waals surface area contributed by atoms with E-state index in [-0.39, 0.29) is 0 Å². The Hall–Kier alpha value is -0.610. The Morgan fingerprint density at radius 2 is 2.12 bits per heavy atom. The van der Waals surface area contributed by atoms with Gasteiger partial charge in [-0.1, -0.05) is 11.6 Å². The van der Waals surface area contributed by atoms with E-state index in [4.69, 9.17) is 11.6 Å². The van der Waals surface area contributed by atoms with Gasteiger partial charge < -0.3 is 5.32 Å². The van der Waals surface area contributed by atoms with Crippen LogP contribution in [0.2, 0.25) is 5.15 Å². The number of hydrogen-bond donors (Lipinski definition) is 1. The van der Waals surface area contributed by atoms with Crippen molar-refractivity contribution in [3.63, 3.8) is 0 Å². The van der Waals surface area contributed by atoms with Crippen molar-refractivity contribution in [2.75, 3.05) is 16.8 Å². The first-order valence-corrected chi connectivity index (χ1v) is 7.26. The zero-order chi connectivity index (χ0) is 11.5. The van der Waals surface area contributed by atoms with E-state index in [0.29, 0.717) is 11.2 Å². The third-order valence-electron chi connectivity index (χ3n) is 2.80. The van der Waals surface area contributed by atoms with Gasteiger partial charge in [0, 0.05) is 28.3 Å². The Morgan fingerprint density at radius 3 is 2.75 bits per heavy atom. The molecule has 1 N–H and O–H groups in total. The minimum atomic E-state index is -0.605. The Balaban J connectivity index is 2.01. The third-order valence-corrected chi connectivity index (χ3v) is 4.39. The molecule has 0 saturated carbocycles. The molecule has 0 unspecified atom stereocenters. The highest BCUT2D eigenvalue weighted by molar-refractivity contribution is 7.85. The van der Waals surface area contributed by atoms with Crippen LogP contribution in [0, 0.1) is 6.92 Å². The molecule has 1 fully saturated rings. The summed E-state index contributed by atoms with van der Waals surface area (Å²) in [5, 5.41) is 3.96. The number of pyridine rings is 1. The van der Waals surface area contributed by atoms with Crippen molar-refractivity contribution < 1.29 is 4.21 Å². The van der Waals surface area contributed by atoms with Gasteiger partial charge in [0.2, 0.25) is 0 Å². The van der Waals surface area contributed by atoms with E-state index in [2.05, 4.69) is 10.3 Å². The summed E-state index contributed by atoms with van der Waals surface area (Å²) < 4.78 is 11.2. The summed E-state index contributed by atoms with van der Waals surface area (Å²) in [6, 6.07) is 4.16. The molecule has 0 spiro atoms. The Labute approximate surface area is 103 Å². The molecule has 1 aliphatic heterocycles. The van der Waals surface area contributed by atoms with Gasteiger partial charge in [0.15, 0.2) is 0 Å². The average molecular weight is 259 g/mol. The molecule has 1 aromatic heterocycles. The van der Waals surface area contributed by atoms with E-state index in [0.717, 1.165) is 35.7 Å². The van der Waals surface area contributed by atoms with Gasteiger partial charge in [0.25, 0.3) is 0 Å². The Morgan fingerprint density at radius 1 is 1.44 bits per heavy atom. The molecule has 0 aliphatic carbocycles. The van der Waals surface area contributed by atoms with E-state index in [1.165, 1.54) is 0 Å². The van der Waals surface area contributed by atoms with Crippen molar-refractivity contribution >= 4 is 28.1 Å². The van der Waals surface area contributed by atoms with Crippen molar-refractivity contribution in [2.45, 2.75) is 25.8 Å². The second-order valence-electron chi connectivity index (χ2n) is 4.03. The lowest BCUT2D eigenvalue weighted by Gasteiger charge is -2.24. The van der Waals surface area contributed by atoms with Crippen LogP contribution in [0.5, 0.6) is 0 Å². The fourth-order valence-corrected chi connectivity index (χ4v) is 3.33. The molecule has 2 rings (SSSR count). The number of aromatic nitrogens is 1. The molecule has 1 aromatic rings. The zero-order valence-electron chi connectivity index (χ0n) is 9.20. The van der Waals surface area contributed by atoms with Crippen LogP contribution in [0.1, 0.15) is 18.5 Å². The van der Waals surface area contributed by atoms with Crippen LogP contribution in [0.3, 0.4) is 0 Å². The summed E-state index contributed by atoms with van der Waals surface area (Å²) in [6.45, 7) is 1.94. The van der Waals surface area contributed by atoms with Gasteiger partial charge in [0.05, 0.1) is 11.4 Å². The van der Waals surface area contributed by atoms with Crippen LogP contribution in [0.25, 0.3) is 0 Å². The Bertz CT molecular complexity index is 401. The van der Waals surface area contributed by atoms with E-state index in [9.17, 15) is 4.21 Å². The summed E-state index contributed by atoms with van der Waals surface area (Å²) in [5.74, 6) is 1.61. The summed E-state index contributed by atoms with van der Waals surface area (Å²) >= 11 is 5.80. The fourth-order valence-electron chi connectivity index (χ4n) is 1.84. The molecule has 0 aromatic carbocycles. The topological polar surface area (TPSA) is 42.0 Å². The molecule has 0 amide bonds. The number of rotatable bonds is 2. The predicted octanol–water partition coefficient (Wildman–Crippen LogP) is 2.37. The van der Waals surface area contributed by atoms with Crippen LogP contribution in [0.4, 0.5) is 5.69 Å². The van der Waals surface area contributed by atoms with Crippen molar-refractivity contribution in [3.05, 3.63) is 23.0 Å². The molecule has 3 nitrogen and oxygen atoms in total. The van der Waals surface area contributed by atoms with Crippen LogP contribution >= 0.6 is 11.6 Å². The Kier molecular flexibility index (Phi) is 3.82. The standard InChI is InChI=1S/C11H15ClN2OS/c1-8-10(2-3-11(12)13-8)14-9-4-6-16(15)7-5-9/h2-3,9,14H,4-7H2,1H3. The van der Waals surface area contributed by atoms with Gasteiger partial charge >= 0.3 is 0 Å². The number of anilines is 1. The molecule has 2 heterocycles. The SMILES string of the molecule is Cc1nc(Cl)ccc1NC1CCS(=O)CC1. The lowest BCUT2D eigenvalue weighted by Crippen LogP contribution is -2.29. The summed E-state index contributed by atoms with van der Waals surface area (Å²) in [7, 11) is -0.605. The molecular weight excluding hydrogens is 244 g/mol. The summed E-state index contributed by atoms with van der Waals surface area (Å²) in [4.78, 5) is 4.20. The lowest BCUT2D eigenvalue weighted by atomic mass is 10.1. The molecule has 88 valence electrons. The van der Waals surface area contributed by atoms with E-state index >= 15 is 0 Å². The van der Waals surface area contributed by atoms with Crippen molar-refractivity contribution in [3.8, 4) is 0 Å². The third kappa shape index (κ3) is 2.95.